The van der Waals surface area contributed by atoms with Gasteiger partial charge in [0.2, 0.25) is 11.8 Å². The molecule has 34 heavy (non-hydrogen) atoms. The van der Waals surface area contributed by atoms with Gasteiger partial charge in [-0.3, -0.25) is 9.59 Å². The van der Waals surface area contributed by atoms with E-state index in [9.17, 15) is 19.2 Å². The second kappa shape index (κ2) is 12.4. The van der Waals surface area contributed by atoms with E-state index in [0.29, 0.717) is 0 Å². The second-order valence-electron chi connectivity index (χ2n) is 9.67. The first-order chi connectivity index (χ1) is 15.7. The predicted octanol–water partition coefficient (Wildman–Crippen LogP) is 2.63. The Kier molecular flexibility index (Phi) is 10.5. The molecule has 3 atom stereocenters. The van der Waals surface area contributed by atoms with Crippen LogP contribution < -0.4 is 5.32 Å². The van der Waals surface area contributed by atoms with E-state index in [1.54, 1.807) is 41.5 Å². The number of hydrogen-bond donors (Lipinski definition) is 1. The molecule has 0 spiro atoms. The van der Waals surface area contributed by atoms with E-state index in [2.05, 4.69) is 5.32 Å². The highest BCUT2D eigenvalue weighted by atomic mass is 16.6. The zero-order chi connectivity index (χ0) is 26.2. The lowest BCUT2D eigenvalue weighted by Crippen LogP contribution is -2.57. The average molecular weight is 478 g/mol. The third-order valence-corrected chi connectivity index (χ3v) is 5.45. The predicted molar refractivity (Wildman–Crippen MR) is 129 cm³/mol. The summed E-state index contributed by atoms with van der Waals surface area (Å²) in [5, 5.41) is 2.61. The van der Waals surface area contributed by atoms with Gasteiger partial charge in [0.1, 0.15) is 23.7 Å². The summed E-state index contributed by atoms with van der Waals surface area (Å²) in [4.78, 5) is 53.8. The van der Waals surface area contributed by atoms with Crippen LogP contribution in [0.15, 0.2) is 30.3 Å². The fraction of sp³-hybridized carbons (Fsp3) is 0.600. The minimum absolute atomic E-state index is 0.247. The minimum atomic E-state index is -0.888. The van der Waals surface area contributed by atoms with Crippen LogP contribution in [0.1, 0.15) is 47.1 Å². The van der Waals surface area contributed by atoms with E-state index in [1.165, 1.54) is 31.0 Å². The normalized spacial score (nSPS) is 13.9. The van der Waals surface area contributed by atoms with E-state index in [1.807, 2.05) is 30.3 Å². The van der Waals surface area contributed by atoms with Gasteiger partial charge in [-0.1, -0.05) is 44.2 Å². The molecule has 190 valence electrons. The van der Waals surface area contributed by atoms with Crippen LogP contribution in [0, 0.1) is 5.92 Å². The number of methoxy groups -OCH3 is 1. The molecule has 1 aromatic rings. The molecule has 9 nitrogen and oxygen atoms in total. The van der Waals surface area contributed by atoms with Gasteiger partial charge in [-0.25, -0.2) is 9.59 Å². The lowest BCUT2D eigenvalue weighted by molar-refractivity contribution is -0.154. The number of carbonyl (C=O) groups excluding carboxylic acids is 4. The third kappa shape index (κ3) is 8.35. The molecule has 0 fully saturated rings. The number of carbonyl (C=O) groups is 4. The molecule has 0 radical (unpaired) electrons. The fourth-order valence-corrected chi connectivity index (χ4v) is 3.32. The van der Waals surface area contributed by atoms with Crippen LogP contribution in [0.2, 0.25) is 0 Å². The van der Waals surface area contributed by atoms with Gasteiger partial charge in [0.05, 0.1) is 7.11 Å². The number of ether oxygens (including phenoxy) is 2. The molecule has 0 saturated heterocycles. The first-order valence-corrected chi connectivity index (χ1v) is 11.3. The molecule has 0 heterocycles. The molecule has 1 N–H and O–H groups in total. The van der Waals surface area contributed by atoms with Crippen molar-refractivity contribution in [3.8, 4) is 0 Å². The van der Waals surface area contributed by atoms with Gasteiger partial charge in [0.15, 0.2) is 0 Å². The van der Waals surface area contributed by atoms with E-state index >= 15 is 0 Å². The molecule has 0 aliphatic carbocycles. The summed E-state index contributed by atoms with van der Waals surface area (Å²) >= 11 is 0. The Labute approximate surface area is 202 Å². The maximum Gasteiger partial charge on any atom is 0.408 e. The summed E-state index contributed by atoms with van der Waals surface area (Å²) in [6.45, 7) is 10.4. The number of hydrogen-bond acceptors (Lipinski definition) is 6. The molecular weight excluding hydrogens is 438 g/mol. The Morgan fingerprint density at radius 1 is 0.941 bits per heavy atom. The minimum Gasteiger partial charge on any atom is -0.467 e. The molecule has 0 aromatic heterocycles. The molecule has 0 saturated carbocycles. The van der Waals surface area contributed by atoms with Gasteiger partial charge < -0.3 is 24.6 Å². The number of alkyl carbamates (subject to hydrolysis) is 1. The second-order valence-corrected chi connectivity index (χ2v) is 9.67. The van der Waals surface area contributed by atoms with Gasteiger partial charge in [-0.15, -0.1) is 0 Å². The summed E-state index contributed by atoms with van der Waals surface area (Å²) in [5.41, 5.74) is 0.157. The van der Waals surface area contributed by atoms with Gasteiger partial charge in [-0.2, -0.15) is 0 Å². The molecule has 1 rings (SSSR count). The maximum atomic E-state index is 13.3. The van der Waals surface area contributed by atoms with Crippen LogP contribution in [0.4, 0.5) is 4.79 Å². The average Bonchev–Trinajstić information content (AvgIpc) is 2.77. The number of esters is 1. The number of amides is 3. The van der Waals surface area contributed by atoms with Crippen molar-refractivity contribution >= 4 is 23.9 Å². The largest absolute Gasteiger partial charge is 0.467 e. The smallest absolute Gasteiger partial charge is 0.408 e. The Bertz CT molecular complexity index is 850. The van der Waals surface area contributed by atoms with Crippen molar-refractivity contribution in [3.05, 3.63) is 35.9 Å². The van der Waals surface area contributed by atoms with E-state index in [0.717, 1.165) is 5.56 Å². The molecule has 3 amide bonds. The van der Waals surface area contributed by atoms with Crippen LogP contribution >= 0.6 is 0 Å². The Morgan fingerprint density at radius 3 is 1.97 bits per heavy atom. The zero-order valence-corrected chi connectivity index (χ0v) is 21.7. The van der Waals surface area contributed by atoms with E-state index in [4.69, 9.17) is 9.47 Å². The molecule has 0 bridgehead atoms. The van der Waals surface area contributed by atoms with Gasteiger partial charge in [0, 0.05) is 20.5 Å². The van der Waals surface area contributed by atoms with Crippen LogP contribution in [0.25, 0.3) is 0 Å². The summed E-state index contributed by atoms with van der Waals surface area (Å²) in [6, 6.07) is 6.67. The van der Waals surface area contributed by atoms with Crippen molar-refractivity contribution < 1.29 is 28.7 Å². The zero-order valence-electron chi connectivity index (χ0n) is 21.7. The van der Waals surface area contributed by atoms with E-state index < -0.39 is 47.6 Å². The molecule has 0 aliphatic heterocycles. The molecule has 1 aromatic carbocycles. The van der Waals surface area contributed by atoms with Crippen LogP contribution in [0.5, 0.6) is 0 Å². The van der Waals surface area contributed by atoms with Gasteiger partial charge in [0.25, 0.3) is 0 Å². The third-order valence-electron chi connectivity index (χ3n) is 5.45. The van der Waals surface area contributed by atoms with Crippen molar-refractivity contribution in [1.82, 2.24) is 15.1 Å². The fourth-order valence-electron chi connectivity index (χ4n) is 3.32. The van der Waals surface area contributed by atoms with Crippen LogP contribution in [-0.2, 0) is 30.3 Å². The van der Waals surface area contributed by atoms with Crippen LogP contribution in [0.3, 0.4) is 0 Å². The van der Waals surface area contributed by atoms with Gasteiger partial charge in [-0.05, 0) is 39.2 Å². The summed E-state index contributed by atoms with van der Waals surface area (Å²) < 4.78 is 10.2. The Hall–Kier alpha value is -3.10. The summed E-state index contributed by atoms with van der Waals surface area (Å²) in [5.74, 6) is -1.66. The monoisotopic (exact) mass is 477 g/mol. The number of nitrogens with zero attached hydrogens (tertiary/aromatic N) is 2. The summed E-state index contributed by atoms with van der Waals surface area (Å²) in [7, 11) is 4.28. The van der Waals surface area contributed by atoms with Crippen molar-refractivity contribution in [2.45, 2.75) is 71.7 Å². The molecule has 9 heteroatoms. The highest BCUT2D eigenvalue weighted by molar-refractivity contribution is 5.92. The van der Waals surface area contributed by atoms with Crippen molar-refractivity contribution in [3.63, 3.8) is 0 Å². The lowest BCUT2D eigenvalue weighted by Gasteiger charge is -2.34. The molecular formula is C25H39N3O6. The highest BCUT2D eigenvalue weighted by Crippen LogP contribution is 2.15. The quantitative estimate of drug-likeness (QED) is 0.548. The maximum absolute atomic E-state index is 13.3. The number of nitrogens with one attached hydrogen (secondary N) is 1. The first kappa shape index (κ1) is 28.9. The number of likely N-dealkylation sites (N-methyl/N-ethyl adjacent to an activating group) is 2. The number of rotatable bonds is 9. The number of benzene rings is 1. The standard InChI is InChI=1S/C25H39N3O6/c1-16(2)20(26-24(32)34-25(4,5)6)22(30)27(7)17(3)21(29)28(8)19(23(31)33-9)15-18-13-11-10-12-14-18/h10-14,16-17,19-20H,15H2,1-9H3,(H,26,32)/t17-,19+,20+/m0/s1. The van der Waals surface area contributed by atoms with Crippen molar-refractivity contribution in [2.24, 2.45) is 5.92 Å². The first-order valence-electron chi connectivity index (χ1n) is 11.3. The Balaban J connectivity index is 3.01. The van der Waals surface area contributed by atoms with Crippen LogP contribution in [-0.4, -0.2) is 78.6 Å². The van der Waals surface area contributed by atoms with E-state index in [-0.39, 0.29) is 12.3 Å². The van der Waals surface area contributed by atoms with Gasteiger partial charge >= 0.3 is 12.1 Å². The van der Waals surface area contributed by atoms with Crippen molar-refractivity contribution in [2.75, 3.05) is 21.2 Å². The Morgan fingerprint density at radius 2 is 1.50 bits per heavy atom. The highest BCUT2D eigenvalue weighted by Gasteiger charge is 2.36. The molecule has 0 aliphatic rings. The lowest BCUT2D eigenvalue weighted by atomic mass is 10.0. The SMILES string of the molecule is COC(=O)[C@@H](Cc1ccccc1)N(C)C(=O)[C@H](C)N(C)C(=O)[C@H](NC(=O)OC(C)(C)C)C(C)C. The topological polar surface area (TPSA) is 105 Å². The summed E-state index contributed by atoms with van der Waals surface area (Å²) in [6.07, 6.45) is -0.438. The van der Waals surface area contributed by atoms with Crippen molar-refractivity contribution in [1.29, 1.82) is 0 Å². The molecule has 0 unspecified atom stereocenters.